The van der Waals surface area contributed by atoms with Crippen molar-refractivity contribution < 1.29 is 4.74 Å². The Morgan fingerprint density at radius 2 is 2.00 bits per heavy atom. The van der Waals surface area contributed by atoms with Gasteiger partial charge in [-0.05, 0) is 12.3 Å². The molecule has 0 aliphatic heterocycles. The predicted octanol–water partition coefficient (Wildman–Crippen LogP) is 2.36. The van der Waals surface area contributed by atoms with E-state index >= 15 is 0 Å². The first-order chi connectivity index (χ1) is 5.86. The van der Waals surface area contributed by atoms with E-state index in [1.807, 2.05) is 13.8 Å². The summed E-state index contributed by atoms with van der Waals surface area (Å²) in [4.78, 5) is 0.570. The molecule has 0 heterocycles. The first kappa shape index (κ1) is 12.8. The minimum Gasteiger partial charge on any atom is -0.393 e. The molecule has 78 valence electrons. The molecule has 3 heteroatoms. The molecule has 0 aliphatic carbocycles. The quantitative estimate of drug-likeness (QED) is 0.531. The number of ether oxygens (including phenoxy) is 1. The lowest BCUT2D eigenvalue weighted by Crippen LogP contribution is -2.31. The van der Waals surface area contributed by atoms with Gasteiger partial charge in [0, 0.05) is 18.6 Å². The van der Waals surface area contributed by atoms with Crippen molar-refractivity contribution >= 4 is 17.2 Å². The molecule has 0 atom stereocenters. The van der Waals surface area contributed by atoms with Crippen molar-refractivity contribution in [2.45, 2.75) is 34.1 Å². The van der Waals surface area contributed by atoms with Gasteiger partial charge in [-0.2, -0.15) is 0 Å². The van der Waals surface area contributed by atoms with Crippen LogP contribution < -0.4 is 5.73 Å². The van der Waals surface area contributed by atoms with Gasteiger partial charge in [0.15, 0.2) is 0 Å². The summed E-state index contributed by atoms with van der Waals surface area (Å²) in [6, 6.07) is 0. The number of hydrogen-bond acceptors (Lipinski definition) is 2. The lowest BCUT2D eigenvalue weighted by molar-refractivity contribution is 0.0953. The third-order valence-corrected chi connectivity index (χ3v) is 2.54. The van der Waals surface area contributed by atoms with Crippen molar-refractivity contribution in [3.8, 4) is 0 Å². The van der Waals surface area contributed by atoms with Crippen LogP contribution >= 0.6 is 12.2 Å². The maximum atomic E-state index is 5.59. The largest absolute Gasteiger partial charge is 0.393 e. The van der Waals surface area contributed by atoms with Crippen LogP contribution in [0.15, 0.2) is 0 Å². The van der Waals surface area contributed by atoms with Crippen LogP contribution in [0.3, 0.4) is 0 Å². The molecule has 0 radical (unpaired) electrons. The van der Waals surface area contributed by atoms with Crippen LogP contribution in [0.1, 0.15) is 34.1 Å². The Bertz CT molecular complexity index is 166. The zero-order chi connectivity index (χ0) is 10.5. The Balaban J connectivity index is 3.58. The van der Waals surface area contributed by atoms with Crippen LogP contribution in [0.2, 0.25) is 0 Å². The van der Waals surface area contributed by atoms with E-state index in [9.17, 15) is 0 Å². The highest BCUT2D eigenvalue weighted by molar-refractivity contribution is 7.80. The highest BCUT2D eigenvalue weighted by Crippen LogP contribution is 2.20. The van der Waals surface area contributed by atoms with Gasteiger partial charge in [0.05, 0.1) is 4.99 Å². The topological polar surface area (TPSA) is 35.2 Å². The normalized spacial score (nSPS) is 12.1. The van der Waals surface area contributed by atoms with Crippen molar-refractivity contribution in [3.63, 3.8) is 0 Å². The van der Waals surface area contributed by atoms with Crippen LogP contribution in [0.25, 0.3) is 0 Å². The van der Waals surface area contributed by atoms with E-state index in [-0.39, 0.29) is 5.41 Å². The zero-order valence-electron chi connectivity index (χ0n) is 9.09. The number of hydrogen-bond donors (Lipinski definition) is 1. The van der Waals surface area contributed by atoms with E-state index in [0.29, 0.717) is 10.9 Å². The molecule has 0 aliphatic rings. The van der Waals surface area contributed by atoms with Gasteiger partial charge in [-0.15, -0.1) is 0 Å². The average molecular weight is 203 g/mol. The summed E-state index contributed by atoms with van der Waals surface area (Å²) in [5.41, 5.74) is 5.51. The molecule has 0 saturated heterocycles. The van der Waals surface area contributed by atoms with Crippen molar-refractivity contribution in [1.82, 2.24) is 0 Å². The first-order valence-electron chi connectivity index (χ1n) is 4.74. The van der Waals surface area contributed by atoms with E-state index in [4.69, 9.17) is 22.7 Å². The lowest BCUT2D eigenvalue weighted by Gasteiger charge is -2.22. The summed E-state index contributed by atoms with van der Waals surface area (Å²) in [6.07, 6.45) is 0.898. The van der Waals surface area contributed by atoms with Crippen LogP contribution in [-0.4, -0.2) is 18.2 Å². The molecule has 0 fully saturated rings. The molecule has 0 rings (SSSR count). The van der Waals surface area contributed by atoms with E-state index in [0.717, 1.165) is 19.6 Å². The standard InChI is InChI=1S/C10H21NOS/c1-8(2)7-12-6-5-10(3,4)9(11)13/h8H,5-7H2,1-4H3,(H2,11,13). The third-order valence-electron chi connectivity index (χ3n) is 1.99. The van der Waals surface area contributed by atoms with Gasteiger partial charge in [-0.25, -0.2) is 0 Å². The zero-order valence-corrected chi connectivity index (χ0v) is 9.91. The Hall–Kier alpha value is -0.150. The molecule has 0 saturated carbocycles. The van der Waals surface area contributed by atoms with Crippen molar-refractivity contribution in [3.05, 3.63) is 0 Å². The monoisotopic (exact) mass is 203 g/mol. The molecular weight excluding hydrogens is 182 g/mol. The summed E-state index contributed by atoms with van der Waals surface area (Å²) in [5.74, 6) is 0.591. The van der Waals surface area contributed by atoms with Crippen molar-refractivity contribution in [2.24, 2.45) is 17.1 Å². The minimum absolute atomic E-state index is 0.0771. The Morgan fingerprint density at radius 3 is 2.38 bits per heavy atom. The highest BCUT2D eigenvalue weighted by atomic mass is 32.1. The van der Waals surface area contributed by atoms with Gasteiger partial charge < -0.3 is 10.5 Å². The summed E-state index contributed by atoms with van der Waals surface area (Å²) < 4.78 is 5.47. The second-order valence-corrected chi connectivity index (χ2v) is 4.91. The van der Waals surface area contributed by atoms with E-state index in [1.54, 1.807) is 0 Å². The van der Waals surface area contributed by atoms with Gasteiger partial charge >= 0.3 is 0 Å². The second-order valence-electron chi connectivity index (χ2n) is 4.47. The fraction of sp³-hybridized carbons (Fsp3) is 0.900. The van der Waals surface area contributed by atoms with E-state index < -0.39 is 0 Å². The highest BCUT2D eigenvalue weighted by Gasteiger charge is 2.20. The average Bonchev–Trinajstić information content (AvgIpc) is 1.97. The second kappa shape index (κ2) is 5.55. The minimum atomic E-state index is -0.0771. The van der Waals surface area contributed by atoms with Gasteiger partial charge in [0.1, 0.15) is 0 Å². The summed E-state index contributed by atoms with van der Waals surface area (Å²) >= 11 is 4.96. The third kappa shape index (κ3) is 5.99. The van der Waals surface area contributed by atoms with Crippen molar-refractivity contribution in [1.29, 1.82) is 0 Å². The molecule has 0 spiro atoms. The summed E-state index contributed by atoms with van der Waals surface area (Å²) in [5, 5.41) is 0. The Labute approximate surface area is 86.8 Å². The lowest BCUT2D eigenvalue weighted by atomic mass is 9.90. The number of rotatable bonds is 6. The maximum Gasteiger partial charge on any atom is 0.0785 e. The Morgan fingerprint density at radius 1 is 1.46 bits per heavy atom. The summed E-state index contributed by atoms with van der Waals surface area (Å²) in [6.45, 7) is 9.93. The van der Waals surface area contributed by atoms with Gasteiger partial charge in [0.2, 0.25) is 0 Å². The molecule has 13 heavy (non-hydrogen) atoms. The molecule has 0 amide bonds. The van der Waals surface area contributed by atoms with Crippen LogP contribution in [-0.2, 0) is 4.74 Å². The van der Waals surface area contributed by atoms with Gasteiger partial charge in [-0.3, -0.25) is 0 Å². The van der Waals surface area contributed by atoms with E-state index in [2.05, 4.69) is 13.8 Å². The molecular formula is C10H21NOS. The molecule has 0 aromatic heterocycles. The fourth-order valence-electron chi connectivity index (χ4n) is 0.770. The summed E-state index contributed by atoms with van der Waals surface area (Å²) in [7, 11) is 0. The molecule has 0 unspecified atom stereocenters. The maximum absolute atomic E-state index is 5.59. The Kier molecular flexibility index (Phi) is 5.49. The molecule has 2 nitrogen and oxygen atoms in total. The molecule has 0 aromatic carbocycles. The first-order valence-corrected chi connectivity index (χ1v) is 5.14. The van der Waals surface area contributed by atoms with Gasteiger partial charge in [0.25, 0.3) is 0 Å². The SMILES string of the molecule is CC(C)COCCC(C)(C)C(N)=S. The fourth-order valence-corrected chi connectivity index (χ4v) is 0.872. The van der Waals surface area contributed by atoms with Crippen molar-refractivity contribution in [2.75, 3.05) is 13.2 Å². The molecule has 0 bridgehead atoms. The van der Waals surface area contributed by atoms with Gasteiger partial charge in [-0.1, -0.05) is 39.9 Å². The number of nitrogens with two attached hydrogens (primary N) is 1. The molecule has 2 N–H and O–H groups in total. The smallest absolute Gasteiger partial charge is 0.0785 e. The van der Waals surface area contributed by atoms with E-state index in [1.165, 1.54) is 0 Å². The van der Waals surface area contributed by atoms with Crippen LogP contribution in [0, 0.1) is 11.3 Å². The molecule has 0 aromatic rings. The number of thiocarbonyl (C=S) groups is 1. The van der Waals surface area contributed by atoms with Crippen LogP contribution in [0.5, 0.6) is 0 Å². The van der Waals surface area contributed by atoms with Crippen LogP contribution in [0.4, 0.5) is 0 Å². The predicted molar refractivity (Wildman–Crippen MR) is 60.8 cm³/mol.